The zero-order chi connectivity index (χ0) is 19.4. The molecule has 2 spiro atoms. The van der Waals surface area contributed by atoms with Crippen molar-refractivity contribution in [1.29, 1.82) is 0 Å². The zero-order valence-corrected chi connectivity index (χ0v) is 18.2. The van der Waals surface area contributed by atoms with E-state index in [1.807, 2.05) is 11.8 Å². The van der Waals surface area contributed by atoms with Crippen LogP contribution in [0.3, 0.4) is 0 Å². The van der Waals surface area contributed by atoms with E-state index in [1.165, 1.54) is 10.4 Å². The molecular weight excluding hydrogens is 412 g/mol. The minimum absolute atomic E-state index is 0. The van der Waals surface area contributed by atoms with Crippen LogP contribution in [-0.4, -0.2) is 60.9 Å². The molecule has 5 heterocycles. The Labute approximate surface area is 180 Å². The molecule has 2 amide bonds. The fourth-order valence-corrected chi connectivity index (χ4v) is 6.22. The first-order chi connectivity index (χ1) is 13.5. The van der Waals surface area contributed by atoms with Gasteiger partial charge in [0.25, 0.3) is 11.8 Å². The number of thiophene rings is 1. The van der Waals surface area contributed by atoms with Crippen LogP contribution in [0.4, 0.5) is 0 Å². The highest BCUT2D eigenvalue weighted by Gasteiger charge is 2.46. The molecule has 4 aliphatic heterocycles. The van der Waals surface area contributed by atoms with Crippen LogP contribution in [0.1, 0.15) is 52.7 Å². The maximum Gasteiger partial charge on any atom is 0.263 e. The van der Waals surface area contributed by atoms with Gasteiger partial charge in [-0.3, -0.25) is 14.6 Å². The molecule has 158 valence electrons. The number of hydrogen-bond acceptors (Lipinski definition) is 6. The summed E-state index contributed by atoms with van der Waals surface area (Å²) in [5.41, 5.74) is 0.355. The second-order valence-corrected chi connectivity index (χ2v) is 9.40. The van der Waals surface area contributed by atoms with Gasteiger partial charge < -0.3 is 20.3 Å². The van der Waals surface area contributed by atoms with Gasteiger partial charge in [0.2, 0.25) is 0 Å². The molecule has 0 atom stereocenters. The van der Waals surface area contributed by atoms with Crippen LogP contribution in [0, 0.1) is 0 Å². The smallest absolute Gasteiger partial charge is 0.263 e. The van der Waals surface area contributed by atoms with Crippen LogP contribution in [0.25, 0.3) is 0 Å². The Hall–Kier alpha value is -1.48. The summed E-state index contributed by atoms with van der Waals surface area (Å²) in [7, 11) is 0. The van der Waals surface area contributed by atoms with E-state index in [0.29, 0.717) is 31.8 Å². The summed E-state index contributed by atoms with van der Waals surface area (Å²) in [4.78, 5) is 34.0. The van der Waals surface area contributed by atoms with E-state index in [4.69, 9.17) is 4.74 Å². The van der Waals surface area contributed by atoms with Gasteiger partial charge in [-0.2, -0.15) is 0 Å². The number of hydrogen-bond donors (Lipinski definition) is 2. The number of halogens is 1. The van der Waals surface area contributed by atoms with Crippen molar-refractivity contribution in [2.45, 2.75) is 50.2 Å². The number of nitrogens with one attached hydrogen (secondary N) is 2. The molecule has 2 fully saturated rings. The summed E-state index contributed by atoms with van der Waals surface area (Å²) in [5, 5.41) is 6.21. The summed E-state index contributed by atoms with van der Waals surface area (Å²) in [6.07, 6.45) is 3.99. The Morgan fingerprint density at radius 2 is 1.97 bits per heavy atom. The lowest BCUT2D eigenvalue weighted by Crippen LogP contribution is -2.50. The maximum absolute atomic E-state index is 13.2. The van der Waals surface area contributed by atoms with Gasteiger partial charge in [-0.25, -0.2) is 0 Å². The van der Waals surface area contributed by atoms with E-state index in [9.17, 15) is 9.59 Å². The van der Waals surface area contributed by atoms with E-state index >= 15 is 0 Å². The minimum atomic E-state index is -0.664. The number of piperidine rings is 2. The van der Waals surface area contributed by atoms with Crippen molar-refractivity contribution < 1.29 is 14.3 Å². The molecule has 1 aromatic heterocycles. The average Bonchev–Trinajstić information content (AvgIpc) is 3.25. The number of amides is 2. The molecule has 9 heteroatoms. The fraction of sp³-hybridized carbons (Fsp3) is 0.650. The van der Waals surface area contributed by atoms with Gasteiger partial charge >= 0.3 is 0 Å². The summed E-state index contributed by atoms with van der Waals surface area (Å²) >= 11 is 1.63. The van der Waals surface area contributed by atoms with E-state index in [0.717, 1.165) is 43.8 Å². The van der Waals surface area contributed by atoms with E-state index in [1.54, 1.807) is 11.3 Å². The molecule has 0 aliphatic carbocycles. The largest absolute Gasteiger partial charge is 0.370 e. The number of rotatable bonds is 1. The van der Waals surface area contributed by atoms with Crippen molar-refractivity contribution in [2.75, 3.05) is 32.8 Å². The number of carbonyl (C=O) groups excluding carboxylic acids is 2. The Morgan fingerprint density at radius 3 is 2.62 bits per heavy atom. The quantitative estimate of drug-likeness (QED) is 0.700. The van der Waals surface area contributed by atoms with Gasteiger partial charge in [-0.1, -0.05) is 0 Å². The van der Waals surface area contributed by atoms with Crippen molar-refractivity contribution in [3.8, 4) is 0 Å². The van der Waals surface area contributed by atoms with Crippen LogP contribution in [0.15, 0.2) is 11.1 Å². The van der Waals surface area contributed by atoms with Gasteiger partial charge in [0.15, 0.2) is 0 Å². The molecule has 5 rings (SSSR count). The lowest BCUT2D eigenvalue weighted by atomic mass is 9.83. The molecule has 2 N–H and O–H groups in total. The fourth-order valence-electron chi connectivity index (χ4n) is 5.02. The molecule has 0 saturated carbocycles. The number of amidine groups is 1. The molecule has 2 saturated heterocycles. The first-order valence-electron chi connectivity index (χ1n) is 10.2. The monoisotopic (exact) mass is 438 g/mol. The molecule has 0 radical (unpaired) electrons. The molecule has 0 aromatic carbocycles. The predicted octanol–water partition coefficient (Wildman–Crippen LogP) is 1.84. The highest BCUT2D eigenvalue weighted by Crippen LogP contribution is 2.44. The molecular formula is C20H27ClN4O3S. The van der Waals surface area contributed by atoms with Gasteiger partial charge in [0, 0.05) is 24.4 Å². The SMILES string of the molecule is CC1=NC2(CCN(C(=O)c3cc4c(s3)CCOC43CCNCC3)CC2)C(=O)N1.Cl. The number of fused-ring (bicyclic) bond motifs is 2. The average molecular weight is 439 g/mol. The van der Waals surface area contributed by atoms with Gasteiger partial charge in [0.05, 0.1) is 17.1 Å². The van der Waals surface area contributed by atoms with E-state index < -0.39 is 5.54 Å². The minimum Gasteiger partial charge on any atom is -0.370 e. The summed E-state index contributed by atoms with van der Waals surface area (Å²) in [6.45, 7) is 5.59. The maximum atomic E-state index is 13.2. The van der Waals surface area contributed by atoms with Crippen LogP contribution in [-0.2, 0) is 21.6 Å². The first kappa shape index (κ1) is 20.8. The third-order valence-corrected chi connectivity index (χ3v) is 7.79. The Kier molecular flexibility index (Phi) is 5.48. The van der Waals surface area contributed by atoms with Crippen LogP contribution in [0.2, 0.25) is 0 Å². The summed E-state index contributed by atoms with van der Waals surface area (Å²) in [5.74, 6) is 0.745. The second kappa shape index (κ2) is 7.65. The van der Waals surface area contributed by atoms with E-state index in [2.05, 4.69) is 21.7 Å². The highest BCUT2D eigenvalue weighted by atomic mass is 35.5. The van der Waals surface area contributed by atoms with Gasteiger partial charge in [0.1, 0.15) is 11.4 Å². The molecule has 4 aliphatic rings. The van der Waals surface area contributed by atoms with Crippen molar-refractivity contribution in [3.05, 3.63) is 21.4 Å². The van der Waals surface area contributed by atoms with Crippen LogP contribution in [0.5, 0.6) is 0 Å². The van der Waals surface area contributed by atoms with Gasteiger partial charge in [-0.15, -0.1) is 23.7 Å². The number of ether oxygens (including phenoxy) is 1. The van der Waals surface area contributed by atoms with Crippen LogP contribution >= 0.6 is 23.7 Å². The third kappa shape index (κ3) is 3.40. The molecule has 7 nitrogen and oxygen atoms in total. The first-order valence-corrected chi connectivity index (χ1v) is 11.0. The van der Waals surface area contributed by atoms with E-state index in [-0.39, 0.29) is 29.8 Å². The second-order valence-electron chi connectivity index (χ2n) is 8.27. The lowest BCUT2D eigenvalue weighted by molar-refractivity contribution is -0.125. The van der Waals surface area contributed by atoms with Crippen LogP contribution < -0.4 is 10.6 Å². The predicted molar refractivity (Wildman–Crippen MR) is 114 cm³/mol. The normalized spacial score (nSPS) is 24.7. The topological polar surface area (TPSA) is 83.0 Å². The number of likely N-dealkylation sites (tertiary alicyclic amines) is 1. The third-order valence-electron chi connectivity index (χ3n) is 6.61. The number of carbonyl (C=O) groups is 2. The molecule has 0 bridgehead atoms. The summed E-state index contributed by atoms with van der Waals surface area (Å²) < 4.78 is 6.24. The van der Waals surface area contributed by atoms with Crippen molar-refractivity contribution >= 4 is 41.4 Å². The standard InChI is InChI=1S/C20H26N4O3S.ClH/c1-13-22-18(26)19(23-13)5-9-24(10-6-19)17(25)16-12-14-15(28-16)2-11-27-20(14)3-7-21-8-4-20;/h12,21H,2-11H2,1H3,(H,22,23,26);1H. The zero-order valence-electron chi connectivity index (χ0n) is 16.6. The molecule has 1 aromatic rings. The Balaban J connectivity index is 0.00000205. The Bertz CT molecular complexity index is 854. The lowest BCUT2D eigenvalue weighted by Gasteiger charge is -2.40. The van der Waals surface area contributed by atoms with Crippen molar-refractivity contribution in [2.24, 2.45) is 4.99 Å². The number of aliphatic imine (C=N–C) groups is 1. The van der Waals surface area contributed by atoms with Gasteiger partial charge in [-0.05, 0) is 57.3 Å². The van der Waals surface area contributed by atoms with Crippen molar-refractivity contribution in [1.82, 2.24) is 15.5 Å². The number of nitrogens with zero attached hydrogens (tertiary/aromatic N) is 2. The molecule has 29 heavy (non-hydrogen) atoms. The summed E-state index contributed by atoms with van der Waals surface area (Å²) in [6, 6.07) is 2.09. The molecule has 0 unspecified atom stereocenters. The highest BCUT2D eigenvalue weighted by molar-refractivity contribution is 7.14. The van der Waals surface area contributed by atoms with Crippen molar-refractivity contribution in [3.63, 3.8) is 0 Å². The Morgan fingerprint density at radius 1 is 1.24 bits per heavy atom.